The predicted molar refractivity (Wildman–Crippen MR) is 70.7 cm³/mol. The Hall–Kier alpha value is -1.15. The Morgan fingerprint density at radius 2 is 2.24 bits per heavy atom. The summed E-state index contributed by atoms with van der Waals surface area (Å²) < 4.78 is 0. The summed E-state index contributed by atoms with van der Waals surface area (Å²) in [5.74, 6) is 0.740. The molecule has 2 heterocycles. The first-order valence-corrected chi connectivity index (χ1v) is 6.55. The standard InChI is InChI=1S/C15H20N2/c1-10(2)17-9-13-7-14(17)8-15(13)12-4-5-16-11(3)6-12/h4-6,8,10,13-14H,7,9H2,1-3H3. The highest BCUT2D eigenvalue weighted by Crippen LogP contribution is 2.42. The number of pyridine rings is 1. The van der Waals surface area contributed by atoms with Crippen LogP contribution in [0.1, 0.15) is 31.5 Å². The van der Waals surface area contributed by atoms with Gasteiger partial charge in [-0.2, -0.15) is 0 Å². The molecule has 1 saturated heterocycles. The first-order chi connectivity index (χ1) is 8.15. The molecule has 2 atom stereocenters. The SMILES string of the molecule is Cc1cc(C2=CC3CC2CN3C(C)C)ccn1. The van der Waals surface area contributed by atoms with Crippen LogP contribution in [0.15, 0.2) is 24.4 Å². The lowest BCUT2D eigenvalue weighted by molar-refractivity contribution is 0.227. The van der Waals surface area contributed by atoms with Gasteiger partial charge in [0.05, 0.1) is 0 Å². The molecule has 0 saturated carbocycles. The van der Waals surface area contributed by atoms with Crippen molar-refractivity contribution >= 4 is 5.57 Å². The molecule has 0 aromatic carbocycles. The Kier molecular flexibility index (Phi) is 2.55. The quantitative estimate of drug-likeness (QED) is 0.773. The van der Waals surface area contributed by atoms with Gasteiger partial charge in [0.1, 0.15) is 0 Å². The van der Waals surface area contributed by atoms with Gasteiger partial charge in [-0.1, -0.05) is 6.08 Å². The molecule has 1 fully saturated rings. The van der Waals surface area contributed by atoms with Gasteiger partial charge in [-0.05, 0) is 56.4 Å². The minimum atomic E-state index is 0.668. The lowest BCUT2D eigenvalue weighted by Crippen LogP contribution is -2.36. The van der Waals surface area contributed by atoms with Gasteiger partial charge in [0, 0.05) is 30.5 Å². The summed E-state index contributed by atoms with van der Waals surface area (Å²) in [6.45, 7) is 7.89. The molecule has 3 rings (SSSR count). The first-order valence-electron chi connectivity index (χ1n) is 6.55. The smallest absolute Gasteiger partial charge is 0.0378 e. The van der Waals surface area contributed by atoms with E-state index >= 15 is 0 Å². The van der Waals surface area contributed by atoms with E-state index in [1.165, 1.54) is 18.5 Å². The largest absolute Gasteiger partial charge is 0.294 e. The Balaban J connectivity index is 1.89. The third-order valence-electron chi connectivity index (χ3n) is 4.09. The highest BCUT2D eigenvalue weighted by molar-refractivity contribution is 5.71. The number of aromatic nitrogens is 1. The molecule has 17 heavy (non-hydrogen) atoms. The van der Waals surface area contributed by atoms with Gasteiger partial charge < -0.3 is 0 Å². The second-order valence-corrected chi connectivity index (χ2v) is 5.60. The molecule has 2 heteroatoms. The van der Waals surface area contributed by atoms with E-state index in [1.54, 1.807) is 5.57 Å². The minimum absolute atomic E-state index is 0.668. The number of rotatable bonds is 2. The number of hydrogen-bond acceptors (Lipinski definition) is 2. The highest BCUT2D eigenvalue weighted by Gasteiger charge is 2.39. The molecule has 1 aromatic heterocycles. The van der Waals surface area contributed by atoms with Crippen molar-refractivity contribution in [2.45, 2.75) is 39.3 Å². The van der Waals surface area contributed by atoms with E-state index in [1.807, 2.05) is 6.20 Å². The van der Waals surface area contributed by atoms with Gasteiger partial charge in [0.15, 0.2) is 0 Å². The van der Waals surface area contributed by atoms with Crippen LogP contribution in [0.5, 0.6) is 0 Å². The Labute approximate surface area is 103 Å². The minimum Gasteiger partial charge on any atom is -0.294 e. The molecule has 0 spiro atoms. The summed E-state index contributed by atoms with van der Waals surface area (Å²) in [6.07, 6.45) is 5.72. The van der Waals surface area contributed by atoms with Crippen LogP contribution in [0.3, 0.4) is 0 Å². The Morgan fingerprint density at radius 1 is 1.41 bits per heavy atom. The summed E-state index contributed by atoms with van der Waals surface area (Å²) in [5.41, 5.74) is 4.05. The van der Waals surface area contributed by atoms with Crippen LogP contribution >= 0.6 is 0 Å². The van der Waals surface area contributed by atoms with E-state index in [-0.39, 0.29) is 0 Å². The third kappa shape index (κ3) is 1.81. The zero-order chi connectivity index (χ0) is 12.0. The van der Waals surface area contributed by atoms with Crippen molar-refractivity contribution < 1.29 is 0 Å². The monoisotopic (exact) mass is 228 g/mol. The van der Waals surface area contributed by atoms with Gasteiger partial charge >= 0.3 is 0 Å². The fourth-order valence-electron chi connectivity index (χ4n) is 3.27. The molecule has 0 amide bonds. The molecule has 1 aromatic rings. The van der Waals surface area contributed by atoms with Crippen molar-refractivity contribution in [1.29, 1.82) is 0 Å². The van der Waals surface area contributed by atoms with E-state index in [4.69, 9.17) is 0 Å². The van der Waals surface area contributed by atoms with Gasteiger partial charge in [-0.3, -0.25) is 9.88 Å². The maximum atomic E-state index is 4.28. The molecular weight excluding hydrogens is 208 g/mol. The molecular formula is C15H20N2. The maximum absolute atomic E-state index is 4.28. The van der Waals surface area contributed by atoms with Gasteiger partial charge in [0.2, 0.25) is 0 Å². The number of hydrogen-bond donors (Lipinski definition) is 0. The average Bonchev–Trinajstić information content (AvgIpc) is 2.87. The van der Waals surface area contributed by atoms with Crippen molar-refractivity contribution in [2.75, 3.05) is 6.54 Å². The van der Waals surface area contributed by atoms with Gasteiger partial charge in [-0.15, -0.1) is 0 Å². The number of likely N-dealkylation sites (tertiary alicyclic amines) is 1. The fourth-order valence-corrected chi connectivity index (χ4v) is 3.27. The van der Waals surface area contributed by atoms with Crippen LogP contribution in [-0.2, 0) is 0 Å². The zero-order valence-corrected chi connectivity index (χ0v) is 10.9. The zero-order valence-electron chi connectivity index (χ0n) is 10.9. The summed E-state index contributed by atoms with van der Waals surface area (Å²) >= 11 is 0. The number of nitrogens with zero attached hydrogens (tertiary/aromatic N) is 2. The third-order valence-corrected chi connectivity index (χ3v) is 4.09. The number of aryl methyl sites for hydroxylation is 1. The molecule has 90 valence electrons. The molecule has 1 aliphatic carbocycles. The van der Waals surface area contributed by atoms with Crippen molar-refractivity contribution in [3.63, 3.8) is 0 Å². The number of fused-ring (bicyclic) bond motifs is 2. The Bertz CT molecular complexity index is 462. The molecule has 2 aliphatic rings. The van der Waals surface area contributed by atoms with Crippen LogP contribution in [-0.4, -0.2) is 28.5 Å². The lowest BCUT2D eigenvalue weighted by atomic mass is 9.95. The van der Waals surface area contributed by atoms with E-state index in [9.17, 15) is 0 Å². The summed E-state index contributed by atoms with van der Waals surface area (Å²) in [6, 6.07) is 5.70. The van der Waals surface area contributed by atoms with Crippen molar-refractivity contribution in [3.05, 3.63) is 35.7 Å². The van der Waals surface area contributed by atoms with Crippen LogP contribution in [0, 0.1) is 12.8 Å². The van der Waals surface area contributed by atoms with Crippen LogP contribution in [0.2, 0.25) is 0 Å². The lowest BCUT2D eigenvalue weighted by Gasteiger charge is -2.29. The van der Waals surface area contributed by atoms with Crippen LogP contribution in [0.4, 0.5) is 0 Å². The molecule has 0 radical (unpaired) electrons. The molecule has 0 N–H and O–H groups in total. The molecule has 2 unspecified atom stereocenters. The van der Waals surface area contributed by atoms with E-state index in [0.29, 0.717) is 12.1 Å². The second-order valence-electron chi connectivity index (χ2n) is 5.60. The van der Waals surface area contributed by atoms with Gasteiger partial charge in [-0.25, -0.2) is 0 Å². The summed E-state index contributed by atoms with van der Waals surface area (Å²) in [7, 11) is 0. The maximum Gasteiger partial charge on any atom is 0.0378 e. The summed E-state index contributed by atoms with van der Waals surface area (Å²) in [5, 5.41) is 0. The van der Waals surface area contributed by atoms with Crippen molar-refractivity contribution in [2.24, 2.45) is 5.92 Å². The van der Waals surface area contributed by atoms with Crippen LogP contribution < -0.4 is 0 Å². The molecule has 2 bridgehead atoms. The average molecular weight is 228 g/mol. The van der Waals surface area contributed by atoms with Crippen molar-refractivity contribution in [3.8, 4) is 0 Å². The normalized spacial score (nSPS) is 27.9. The van der Waals surface area contributed by atoms with E-state index < -0.39 is 0 Å². The summed E-state index contributed by atoms with van der Waals surface area (Å²) in [4.78, 5) is 6.89. The van der Waals surface area contributed by atoms with E-state index in [0.717, 1.165) is 11.6 Å². The predicted octanol–water partition coefficient (Wildman–Crippen LogP) is 2.89. The van der Waals surface area contributed by atoms with Crippen LogP contribution in [0.25, 0.3) is 5.57 Å². The Morgan fingerprint density at radius 3 is 2.82 bits per heavy atom. The second kappa shape index (κ2) is 3.95. The highest BCUT2D eigenvalue weighted by atomic mass is 15.2. The van der Waals surface area contributed by atoms with Gasteiger partial charge in [0.25, 0.3) is 0 Å². The van der Waals surface area contributed by atoms with Crippen molar-refractivity contribution in [1.82, 2.24) is 9.88 Å². The van der Waals surface area contributed by atoms with E-state index in [2.05, 4.69) is 48.9 Å². The topological polar surface area (TPSA) is 16.1 Å². The molecule has 2 nitrogen and oxygen atoms in total. The first kappa shape index (κ1) is 11.0. The molecule has 1 aliphatic heterocycles. The fraction of sp³-hybridized carbons (Fsp3) is 0.533.